The van der Waals surface area contributed by atoms with Crippen LogP contribution in [0.2, 0.25) is 0 Å². The number of rotatable bonds is 4. The molecule has 9 heteroatoms. The van der Waals surface area contributed by atoms with Crippen LogP contribution in [0.3, 0.4) is 0 Å². The van der Waals surface area contributed by atoms with Crippen molar-refractivity contribution >= 4 is 5.95 Å². The summed E-state index contributed by atoms with van der Waals surface area (Å²) < 4.78 is 48.9. The zero-order valence-electron chi connectivity index (χ0n) is 12.6. The van der Waals surface area contributed by atoms with E-state index in [4.69, 9.17) is 9.47 Å². The fraction of sp³-hybridized carbons (Fsp3) is 0.714. The van der Waals surface area contributed by atoms with Gasteiger partial charge in [-0.3, -0.25) is 4.90 Å². The van der Waals surface area contributed by atoms with Crippen molar-refractivity contribution in [3.8, 4) is 0 Å². The molecule has 0 unspecified atom stereocenters. The predicted octanol–water partition coefficient (Wildman–Crippen LogP) is 1.38. The maximum absolute atomic E-state index is 12.7. The van der Waals surface area contributed by atoms with Gasteiger partial charge in [-0.25, -0.2) is 9.97 Å². The lowest BCUT2D eigenvalue weighted by molar-refractivity contribution is -0.141. The summed E-state index contributed by atoms with van der Waals surface area (Å²) in [6.07, 6.45) is -2.60. The lowest BCUT2D eigenvalue weighted by Crippen LogP contribution is -2.47. The van der Waals surface area contributed by atoms with Gasteiger partial charge < -0.3 is 14.4 Å². The molecular weight excluding hydrogens is 313 g/mol. The van der Waals surface area contributed by atoms with E-state index in [2.05, 4.69) is 14.9 Å². The Morgan fingerprint density at radius 3 is 2.48 bits per heavy atom. The molecule has 0 atom stereocenters. The highest BCUT2D eigenvalue weighted by molar-refractivity contribution is 5.31. The highest BCUT2D eigenvalue weighted by atomic mass is 19.4. The minimum absolute atomic E-state index is 0.125. The van der Waals surface area contributed by atoms with Gasteiger partial charge in [0.2, 0.25) is 5.95 Å². The van der Waals surface area contributed by atoms with Crippen LogP contribution in [0.25, 0.3) is 0 Å². The number of piperazine rings is 1. The average molecular weight is 332 g/mol. The Balaban J connectivity index is 1.50. The highest BCUT2D eigenvalue weighted by Crippen LogP contribution is 2.28. The van der Waals surface area contributed by atoms with Crippen LogP contribution < -0.4 is 4.90 Å². The molecule has 3 heterocycles. The first-order valence-corrected chi connectivity index (χ1v) is 7.63. The Bertz CT molecular complexity index is 515. The number of nitrogens with zero attached hydrogens (tertiary/aromatic N) is 4. The Morgan fingerprint density at radius 2 is 1.83 bits per heavy atom. The van der Waals surface area contributed by atoms with Crippen LogP contribution >= 0.6 is 0 Å². The van der Waals surface area contributed by atoms with E-state index in [9.17, 15) is 13.2 Å². The van der Waals surface area contributed by atoms with Crippen molar-refractivity contribution in [2.75, 3.05) is 50.8 Å². The Labute approximate surface area is 132 Å². The Kier molecular flexibility index (Phi) is 4.98. The summed E-state index contributed by atoms with van der Waals surface area (Å²) in [6, 6.07) is 0.890. The summed E-state index contributed by atoms with van der Waals surface area (Å²) in [4.78, 5) is 11.6. The third-order valence-corrected chi connectivity index (χ3v) is 3.96. The van der Waals surface area contributed by atoms with Crippen LogP contribution in [0, 0.1) is 0 Å². The van der Waals surface area contributed by atoms with Crippen LogP contribution in [-0.4, -0.2) is 67.1 Å². The Morgan fingerprint density at radius 1 is 1.13 bits per heavy atom. The van der Waals surface area contributed by atoms with Crippen molar-refractivity contribution in [1.29, 1.82) is 0 Å². The monoisotopic (exact) mass is 332 g/mol. The molecule has 0 aromatic carbocycles. The largest absolute Gasteiger partial charge is 0.433 e. The number of alkyl halides is 3. The van der Waals surface area contributed by atoms with Crippen molar-refractivity contribution in [3.05, 3.63) is 18.0 Å². The van der Waals surface area contributed by atoms with Crippen LogP contribution in [0.4, 0.5) is 19.1 Å². The molecule has 1 aromatic heterocycles. The van der Waals surface area contributed by atoms with Crippen molar-refractivity contribution in [2.24, 2.45) is 0 Å². The molecule has 1 aromatic rings. The molecule has 128 valence electrons. The molecule has 2 aliphatic rings. The normalized spacial score (nSPS) is 21.1. The van der Waals surface area contributed by atoms with Gasteiger partial charge in [-0.2, -0.15) is 13.2 Å². The van der Waals surface area contributed by atoms with Crippen LogP contribution in [0.5, 0.6) is 0 Å². The smallest absolute Gasteiger partial charge is 0.350 e. The van der Waals surface area contributed by atoms with Crippen molar-refractivity contribution in [3.63, 3.8) is 0 Å². The second-order valence-corrected chi connectivity index (χ2v) is 5.53. The molecule has 0 bridgehead atoms. The van der Waals surface area contributed by atoms with Crippen LogP contribution in [-0.2, 0) is 15.7 Å². The van der Waals surface area contributed by atoms with Gasteiger partial charge in [0, 0.05) is 45.3 Å². The van der Waals surface area contributed by atoms with E-state index in [-0.39, 0.29) is 12.2 Å². The molecule has 0 radical (unpaired) electrons. The molecule has 0 amide bonds. The van der Waals surface area contributed by atoms with E-state index in [0.29, 0.717) is 26.3 Å². The fourth-order valence-electron chi connectivity index (χ4n) is 2.69. The first-order chi connectivity index (χ1) is 11.0. The van der Waals surface area contributed by atoms with E-state index in [1.54, 1.807) is 4.90 Å². The number of halogens is 3. The van der Waals surface area contributed by atoms with E-state index in [1.807, 2.05) is 0 Å². The van der Waals surface area contributed by atoms with Crippen molar-refractivity contribution < 1.29 is 22.6 Å². The Hall–Kier alpha value is -1.45. The molecule has 3 rings (SSSR count). The van der Waals surface area contributed by atoms with E-state index < -0.39 is 11.9 Å². The zero-order chi connectivity index (χ0) is 16.3. The topological polar surface area (TPSA) is 50.7 Å². The molecule has 0 spiro atoms. The van der Waals surface area contributed by atoms with Crippen LogP contribution in [0.1, 0.15) is 12.1 Å². The highest BCUT2D eigenvalue weighted by Gasteiger charge is 2.33. The molecule has 2 fully saturated rings. The summed E-state index contributed by atoms with van der Waals surface area (Å²) in [5.74, 6) is 0.141. The molecular formula is C14H19F3N4O2. The van der Waals surface area contributed by atoms with Gasteiger partial charge in [-0.05, 0) is 6.07 Å². The van der Waals surface area contributed by atoms with E-state index in [0.717, 1.165) is 38.3 Å². The summed E-state index contributed by atoms with van der Waals surface area (Å²) in [7, 11) is 0. The standard InChI is InChI=1S/C14H19F3N4O2/c15-14(16,17)11-1-3-18-13(19-11)21-7-5-20(6-8-21)4-2-12-22-9-10-23-12/h1,3,12H,2,4-10H2. The van der Waals surface area contributed by atoms with Gasteiger partial charge in [-0.15, -0.1) is 0 Å². The first kappa shape index (κ1) is 16.4. The average Bonchev–Trinajstić information content (AvgIpc) is 3.06. The van der Waals surface area contributed by atoms with Gasteiger partial charge in [0.15, 0.2) is 6.29 Å². The van der Waals surface area contributed by atoms with Crippen molar-refractivity contribution in [2.45, 2.75) is 18.9 Å². The second-order valence-electron chi connectivity index (χ2n) is 5.53. The lowest BCUT2D eigenvalue weighted by Gasteiger charge is -2.35. The molecule has 2 saturated heterocycles. The SMILES string of the molecule is FC(F)(F)c1ccnc(N2CCN(CCC3OCCO3)CC2)n1. The molecule has 0 N–H and O–H groups in total. The number of ether oxygens (including phenoxy) is 2. The first-order valence-electron chi connectivity index (χ1n) is 7.63. The number of aromatic nitrogens is 2. The van der Waals surface area contributed by atoms with Gasteiger partial charge in [0.1, 0.15) is 5.69 Å². The number of hydrogen-bond donors (Lipinski definition) is 0. The summed E-state index contributed by atoms with van der Waals surface area (Å²) in [5.41, 5.74) is -0.902. The molecule has 6 nitrogen and oxygen atoms in total. The minimum Gasteiger partial charge on any atom is -0.350 e. The zero-order valence-corrected chi connectivity index (χ0v) is 12.6. The third kappa shape index (κ3) is 4.30. The molecule has 23 heavy (non-hydrogen) atoms. The maximum Gasteiger partial charge on any atom is 0.433 e. The summed E-state index contributed by atoms with van der Waals surface area (Å²) >= 11 is 0. The minimum atomic E-state index is -4.44. The third-order valence-electron chi connectivity index (χ3n) is 3.96. The second kappa shape index (κ2) is 6.98. The molecule has 2 aliphatic heterocycles. The molecule has 0 aliphatic carbocycles. The van der Waals surface area contributed by atoms with Gasteiger partial charge >= 0.3 is 6.18 Å². The number of hydrogen-bond acceptors (Lipinski definition) is 6. The van der Waals surface area contributed by atoms with Gasteiger partial charge in [0.25, 0.3) is 0 Å². The quantitative estimate of drug-likeness (QED) is 0.830. The van der Waals surface area contributed by atoms with Crippen molar-refractivity contribution in [1.82, 2.24) is 14.9 Å². The van der Waals surface area contributed by atoms with Crippen LogP contribution in [0.15, 0.2) is 12.3 Å². The number of anilines is 1. The van der Waals surface area contributed by atoms with Gasteiger partial charge in [-0.1, -0.05) is 0 Å². The van der Waals surface area contributed by atoms with E-state index >= 15 is 0 Å². The predicted molar refractivity (Wildman–Crippen MR) is 76.0 cm³/mol. The summed E-state index contributed by atoms with van der Waals surface area (Å²) in [5, 5.41) is 0. The molecule has 0 saturated carbocycles. The lowest BCUT2D eigenvalue weighted by atomic mass is 10.3. The van der Waals surface area contributed by atoms with E-state index in [1.165, 1.54) is 0 Å². The fourth-order valence-corrected chi connectivity index (χ4v) is 2.69. The summed E-state index contributed by atoms with van der Waals surface area (Å²) in [6.45, 7) is 4.86. The van der Waals surface area contributed by atoms with Gasteiger partial charge in [0.05, 0.1) is 13.2 Å². The maximum atomic E-state index is 12.7.